The summed E-state index contributed by atoms with van der Waals surface area (Å²) < 4.78 is 43.1. The zero-order chi connectivity index (χ0) is 17.2. The number of halogens is 3. The highest BCUT2D eigenvalue weighted by atomic mass is 19.4. The Kier molecular flexibility index (Phi) is 4.24. The first kappa shape index (κ1) is 16.0. The van der Waals surface area contributed by atoms with E-state index in [0.29, 0.717) is 23.5 Å². The highest BCUT2D eigenvalue weighted by Gasteiger charge is 2.28. The van der Waals surface area contributed by atoms with Crippen molar-refractivity contribution >= 4 is 17.0 Å². The maximum atomic E-state index is 12.2. The summed E-state index contributed by atoms with van der Waals surface area (Å²) in [7, 11) is 1.83. The van der Waals surface area contributed by atoms with Gasteiger partial charge in [0, 0.05) is 13.6 Å². The summed E-state index contributed by atoms with van der Waals surface area (Å²) in [6, 6.07) is 6.45. The molecule has 9 heteroatoms. The molecule has 0 aliphatic rings. The second-order valence-electron chi connectivity index (χ2n) is 5.15. The molecule has 2 heterocycles. The summed E-state index contributed by atoms with van der Waals surface area (Å²) >= 11 is 0. The molecule has 0 bridgehead atoms. The van der Waals surface area contributed by atoms with Gasteiger partial charge in [-0.15, -0.1) is 0 Å². The van der Waals surface area contributed by atoms with Crippen LogP contribution >= 0.6 is 0 Å². The van der Waals surface area contributed by atoms with Gasteiger partial charge in [0.05, 0.1) is 6.33 Å². The van der Waals surface area contributed by atoms with Crippen LogP contribution in [0.25, 0.3) is 11.2 Å². The van der Waals surface area contributed by atoms with Gasteiger partial charge < -0.3 is 14.6 Å². The third-order valence-electron chi connectivity index (χ3n) is 3.26. The number of imidazole rings is 1. The van der Waals surface area contributed by atoms with Crippen molar-refractivity contribution in [2.45, 2.75) is 12.7 Å². The second kappa shape index (κ2) is 6.34. The Labute approximate surface area is 135 Å². The first-order valence-electron chi connectivity index (χ1n) is 7.07. The Morgan fingerprint density at radius 3 is 2.83 bits per heavy atom. The minimum Gasteiger partial charge on any atom is -0.484 e. The number of hydrogen-bond donors (Lipinski definition) is 1. The van der Waals surface area contributed by atoms with Crippen LogP contribution in [0, 0.1) is 0 Å². The molecule has 0 saturated heterocycles. The highest BCUT2D eigenvalue weighted by molar-refractivity contribution is 5.82. The van der Waals surface area contributed by atoms with E-state index in [-0.39, 0.29) is 5.75 Å². The molecule has 3 aromatic rings. The van der Waals surface area contributed by atoms with Crippen LogP contribution in [0.1, 0.15) is 5.56 Å². The average molecular weight is 337 g/mol. The van der Waals surface area contributed by atoms with Crippen LogP contribution in [-0.2, 0) is 13.6 Å². The molecule has 0 atom stereocenters. The van der Waals surface area contributed by atoms with Crippen LogP contribution in [0.5, 0.6) is 5.75 Å². The van der Waals surface area contributed by atoms with Crippen LogP contribution in [0.4, 0.5) is 19.0 Å². The van der Waals surface area contributed by atoms with Crippen molar-refractivity contribution in [2.75, 3.05) is 11.9 Å². The van der Waals surface area contributed by atoms with Crippen molar-refractivity contribution in [3.05, 3.63) is 42.5 Å². The monoisotopic (exact) mass is 337 g/mol. The van der Waals surface area contributed by atoms with Gasteiger partial charge in [0.25, 0.3) is 0 Å². The van der Waals surface area contributed by atoms with Gasteiger partial charge in [0.15, 0.2) is 18.1 Å². The number of aryl methyl sites for hydroxylation is 1. The number of nitrogens with one attached hydrogen (secondary N) is 1. The number of anilines is 1. The van der Waals surface area contributed by atoms with Crippen molar-refractivity contribution in [2.24, 2.45) is 7.05 Å². The first-order chi connectivity index (χ1) is 11.4. The normalized spacial score (nSPS) is 11.7. The molecule has 0 spiro atoms. The molecule has 126 valence electrons. The molecular weight excluding hydrogens is 323 g/mol. The van der Waals surface area contributed by atoms with Crippen LogP contribution < -0.4 is 10.1 Å². The highest BCUT2D eigenvalue weighted by Crippen LogP contribution is 2.21. The maximum absolute atomic E-state index is 12.2. The fourth-order valence-corrected chi connectivity index (χ4v) is 2.17. The zero-order valence-corrected chi connectivity index (χ0v) is 12.7. The van der Waals surface area contributed by atoms with E-state index in [1.807, 2.05) is 7.05 Å². The Bertz CT molecular complexity index is 846. The summed E-state index contributed by atoms with van der Waals surface area (Å²) in [5, 5.41) is 3.11. The molecule has 0 radical (unpaired) electrons. The minimum atomic E-state index is -4.36. The summed E-state index contributed by atoms with van der Waals surface area (Å²) in [5.74, 6) is 0.722. The quantitative estimate of drug-likeness (QED) is 0.775. The number of benzene rings is 1. The number of alkyl halides is 3. The van der Waals surface area contributed by atoms with E-state index in [0.717, 1.165) is 5.56 Å². The van der Waals surface area contributed by atoms with E-state index >= 15 is 0 Å². The van der Waals surface area contributed by atoms with E-state index in [2.05, 4.69) is 20.3 Å². The van der Waals surface area contributed by atoms with Gasteiger partial charge in [0.1, 0.15) is 17.6 Å². The van der Waals surface area contributed by atoms with Gasteiger partial charge in [-0.3, -0.25) is 0 Å². The van der Waals surface area contributed by atoms with E-state index < -0.39 is 12.8 Å². The molecule has 6 nitrogen and oxygen atoms in total. The SMILES string of the molecule is Cn1cnc2c(NCc3cccc(OCC(F)(F)F)c3)ncnc21. The lowest BCUT2D eigenvalue weighted by Gasteiger charge is -2.11. The van der Waals surface area contributed by atoms with E-state index in [4.69, 9.17) is 4.74 Å². The molecule has 0 saturated carbocycles. The van der Waals surface area contributed by atoms with Gasteiger partial charge in [-0.05, 0) is 17.7 Å². The molecule has 24 heavy (non-hydrogen) atoms. The van der Waals surface area contributed by atoms with Gasteiger partial charge in [-0.25, -0.2) is 15.0 Å². The maximum Gasteiger partial charge on any atom is 0.422 e. The molecule has 1 aromatic carbocycles. The fraction of sp³-hybridized carbons (Fsp3) is 0.267. The molecule has 0 aliphatic heterocycles. The molecular formula is C15H14F3N5O. The Balaban J connectivity index is 1.70. The van der Waals surface area contributed by atoms with E-state index in [1.165, 1.54) is 12.4 Å². The molecule has 0 aliphatic carbocycles. The van der Waals surface area contributed by atoms with Crippen molar-refractivity contribution in [3.63, 3.8) is 0 Å². The van der Waals surface area contributed by atoms with Crippen molar-refractivity contribution in [1.82, 2.24) is 19.5 Å². The van der Waals surface area contributed by atoms with Crippen molar-refractivity contribution in [3.8, 4) is 5.75 Å². The Morgan fingerprint density at radius 2 is 2.04 bits per heavy atom. The van der Waals surface area contributed by atoms with Crippen LogP contribution in [0.15, 0.2) is 36.9 Å². The summed E-state index contributed by atoms with van der Waals surface area (Å²) in [6.45, 7) is -0.948. The fourth-order valence-electron chi connectivity index (χ4n) is 2.17. The van der Waals surface area contributed by atoms with Crippen LogP contribution in [0.3, 0.4) is 0 Å². The molecule has 1 N–H and O–H groups in total. The summed E-state index contributed by atoms with van der Waals surface area (Å²) in [5.41, 5.74) is 2.08. The number of hydrogen-bond acceptors (Lipinski definition) is 5. The lowest BCUT2D eigenvalue weighted by molar-refractivity contribution is -0.153. The van der Waals surface area contributed by atoms with Gasteiger partial charge in [0.2, 0.25) is 0 Å². The summed E-state index contributed by atoms with van der Waals surface area (Å²) in [4.78, 5) is 12.5. The van der Waals surface area contributed by atoms with E-state index in [9.17, 15) is 13.2 Å². The van der Waals surface area contributed by atoms with Gasteiger partial charge in [-0.2, -0.15) is 13.2 Å². The number of fused-ring (bicyclic) bond motifs is 1. The predicted molar refractivity (Wildman–Crippen MR) is 81.6 cm³/mol. The van der Waals surface area contributed by atoms with Crippen LogP contribution in [0.2, 0.25) is 0 Å². The smallest absolute Gasteiger partial charge is 0.422 e. The lowest BCUT2D eigenvalue weighted by atomic mass is 10.2. The standard InChI is InChI=1S/C15H14F3N5O/c1-23-9-22-12-13(20-8-21-14(12)23)19-6-10-3-2-4-11(5-10)24-7-15(16,17)18/h2-5,8-9H,6-7H2,1H3,(H,19,20,21). The van der Waals surface area contributed by atoms with Gasteiger partial charge >= 0.3 is 6.18 Å². The number of ether oxygens (including phenoxy) is 1. The van der Waals surface area contributed by atoms with Gasteiger partial charge in [-0.1, -0.05) is 12.1 Å². The van der Waals surface area contributed by atoms with Crippen LogP contribution in [-0.4, -0.2) is 32.3 Å². The molecule has 3 rings (SSSR count). The lowest BCUT2D eigenvalue weighted by Crippen LogP contribution is -2.19. The Hall–Kier alpha value is -2.84. The second-order valence-corrected chi connectivity index (χ2v) is 5.15. The summed E-state index contributed by atoms with van der Waals surface area (Å²) in [6.07, 6.45) is -1.30. The number of aromatic nitrogens is 4. The average Bonchev–Trinajstić information content (AvgIpc) is 2.93. The van der Waals surface area contributed by atoms with Crippen molar-refractivity contribution < 1.29 is 17.9 Å². The third-order valence-corrected chi connectivity index (χ3v) is 3.26. The molecule has 2 aromatic heterocycles. The third kappa shape index (κ3) is 3.73. The zero-order valence-electron chi connectivity index (χ0n) is 12.7. The predicted octanol–water partition coefficient (Wildman–Crippen LogP) is 2.92. The minimum absolute atomic E-state index is 0.164. The topological polar surface area (TPSA) is 64.9 Å². The Morgan fingerprint density at radius 1 is 1.21 bits per heavy atom. The van der Waals surface area contributed by atoms with Crippen molar-refractivity contribution in [1.29, 1.82) is 0 Å². The largest absolute Gasteiger partial charge is 0.484 e. The first-order valence-corrected chi connectivity index (χ1v) is 7.07. The molecule has 0 unspecified atom stereocenters. The number of nitrogens with zero attached hydrogens (tertiary/aromatic N) is 4. The number of rotatable bonds is 5. The molecule has 0 fully saturated rings. The molecule has 0 amide bonds. The van der Waals surface area contributed by atoms with E-state index in [1.54, 1.807) is 29.1 Å².